The molecule has 6 aliphatic heterocycles. The van der Waals surface area contributed by atoms with E-state index in [4.69, 9.17) is 30.0 Å². The number of H-pyrrole nitrogens is 3. The van der Waals surface area contributed by atoms with E-state index in [2.05, 4.69) is 130 Å². The molecule has 30 heteroatoms. The van der Waals surface area contributed by atoms with E-state index in [-0.39, 0.29) is 52.5 Å². The number of pyridine rings is 3. The Kier molecular flexibility index (Phi) is 25.9. The smallest absolute Gasteiger partial charge is 0.269 e. The molecule has 15 rings (SSSR count). The van der Waals surface area contributed by atoms with Crippen molar-refractivity contribution < 1.29 is 28.6 Å². The van der Waals surface area contributed by atoms with Crippen LogP contribution in [0.4, 0.5) is 34.5 Å². The molecule has 3 aromatic carbocycles. The van der Waals surface area contributed by atoms with Gasteiger partial charge in [0.25, 0.3) is 16.7 Å². The maximum Gasteiger partial charge on any atom is 0.269 e. The Balaban J connectivity index is 0.000000149. The van der Waals surface area contributed by atoms with Crippen LogP contribution in [0.1, 0.15) is 84.9 Å². The monoisotopic (exact) mass is 1530 g/mol. The lowest BCUT2D eigenvalue weighted by Gasteiger charge is -2.34. The van der Waals surface area contributed by atoms with Crippen molar-refractivity contribution in [1.82, 2.24) is 60.2 Å². The highest BCUT2D eigenvalue weighted by Gasteiger charge is 2.35. The minimum atomic E-state index is -0.200. The van der Waals surface area contributed by atoms with Gasteiger partial charge in [0, 0.05) is 152 Å². The van der Waals surface area contributed by atoms with Crippen molar-refractivity contribution >= 4 is 52.2 Å². The van der Waals surface area contributed by atoms with Gasteiger partial charge in [0.05, 0.1) is 110 Å². The number of carbonyl (C=O) groups is 3. The Hall–Kier alpha value is -13.5. The molecule has 582 valence electrons. The van der Waals surface area contributed by atoms with Crippen LogP contribution in [0.15, 0.2) is 197 Å². The Morgan fingerprint density at radius 1 is 0.395 bits per heavy atom. The number of amides is 3. The molecule has 114 heavy (non-hydrogen) atoms. The molecule has 9 aromatic rings. The lowest BCUT2D eigenvalue weighted by Crippen LogP contribution is -2.48. The van der Waals surface area contributed by atoms with E-state index in [1.165, 1.54) is 33.4 Å². The summed E-state index contributed by atoms with van der Waals surface area (Å²) in [6.45, 7) is 17.3. The number of rotatable bonds is 21. The highest BCUT2D eigenvalue weighted by atomic mass is 16.5. The molecule has 3 fully saturated rings. The molecule has 0 aliphatic carbocycles. The van der Waals surface area contributed by atoms with Crippen molar-refractivity contribution in [1.29, 1.82) is 15.8 Å². The standard InChI is InChI=1S/3C28H29N7O3/c3*1-20-24(17-31-32-28(20)37)35-18-22-5-2-3-6-23(22)25(35)19-38-14-4-7-27(36)34-12-10-33(11-13-34)26-9-8-21(15-29)16-30-26/h3*2-9,16-17,25H,10-14,18-19H2,1H3,(H,32,37)/b7-4+;2*7-4-/t3*25-/m010/s1. The van der Waals surface area contributed by atoms with Gasteiger partial charge in [-0.25, -0.2) is 30.2 Å². The van der Waals surface area contributed by atoms with Crippen molar-refractivity contribution in [3.8, 4) is 18.2 Å². The normalized spacial score (nSPS) is 17.1. The number of aromatic amines is 3. The summed E-state index contributed by atoms with van der Waals surface area (Å²) in [5.41, 5.74) is 12.3. The molecule has 3 N–H and O–H groups in total. The van der Waals surface area contributed by atoms with E-state index in [0.29, 0.717) is 171 Å². The fraction of sp³-hybridized carbons (Fsp3) is 0.321. The van der Waals surface area contributed by atoms with Gasteiger partial charge >= 0.3 is 0 Å². The molecule has 12 heterocycles. The molecule has 30 nitrogen and oxygen atoms in total. The molecule has 0 bridgehead atoms. The summed E-state index contributed by atoms with van der Waals surface area (Å²) in [7, 11) is 0. The number of anilines is 6. The minimum absolute atomic E-state index is 0.0425. The third-order valence-corrected chi connectivity index (χ3v) is 21.2. The average Bonchev–Trinajstić information content (AvgIpc) is 1.64. The number of nitrogens with zero attached hydrogens (tertiary/aromatic N) is 18. The van der Waals surface area contributed by atoms with Crippen molar-refractivity contribution in [3.05, 3.63) is 281 Å². The first kappa shape index (κ1) is 78.6. The van der Waals surface area contributed by atoms with E-state index in [9.17, 15) is 28.8 Å². The van der Waals surface area contributed by atoms with E-state index < -0.39 is 0 Å². The maximum absolute atomic E-state index is 12.7. The number of hydrogen-bond acceptors (Lipinski definition) is 24. The van der Waals surface area contributed by atoms with Gasteiger partial charge in [-0.3, -0.25) is 28.8 Å². The molecule has 3 saturated heterocycles. The lowest BCUT2D eigenvalue weighted by atomic mass is 10.1. The Labute approximate surface area is 658 Å². The van der Waals surface area contributed by atoms with Gasteiger partial charge in [0.1, 0.15) is 35.7 Å². The van der Waals surface area contributed by atoms with Gasteiger partial charge < -0.3 is 58.3 Å². The third-order valence-electron chi connectivity index (χ3n) is 21.2. The predicted octanol–water partition coefficient (Wildman–Crippen LogP) is 6.98. The second-order valence-corrected chi connectivity index (χ2v) is 28.0. The number of benzene rings is 3. The predicted molar refractivity (Wildman–Crippen MR) is 428 cm³/mol. The summed E-state index contributed by atoms with van der Waals surface area (Å²) >= 11 is 0. The van der Waals surface area contributed by atoms with Crippen LogP contribution in [0, 0.1) is 54.8 Å². The van der Waals surface area contributed by atoms with Crippen LogP contribution in [0.25, 0.3) is 0 Å². The number of ether oxygens (including phenoxy) is 3. The number of nitriles is 3. The van der Waals surface area contributed by atoms with Crippen LogP contribution >= 0.6 is 0 Å². The average molecular weight is 1530 g/mol. The zero-order chi connectivity index (χ0) is 79.5. The Morgan fingerprint density at radius 2 is 0.667 bits per heavy atom. The molecule has 6 aliphatic rings. The third kappa shape index (κ3) is 18.8. The maximum atomic E-state index is 12.7. The van der Waals surface area contributed by atoms with Gasteiger partial charge in [0.2, 0.25) is 17.7 Å². The second kappa shape index (κ2) is 37.5. The fourth-order valence-corrected chi connectivity index (χ4v) is 14.8. The van der Waals surface area contributed by atoms with Gasteiger partial charge in [-0.15, -0.1) is 0 Å². The molecular weight excluding hydrogens is 1450 g/mol. The summed E-state index contributed by atoms with van der Waals surface area (Å²) in [6.07, 6.45) is 19.7. The van der Waals surface area contributed by atoms with E-state index in [1.807, 2.05) is 69.3 Å². The molecular formula is C84H87N21O9. The van der Waals surface area contributed by atoms with Crippen molar-refractivity contribution in [2.45, 2.75) is 58.5 Å². The van der Waals surface area contributed by atoms with E-state index in [1.54, 1.807) is 113 Å². The number of carbonyl (C=O) groups excluding carboxylic acids is 3. The summed E-state index contributed by atoms with van der Waals surface area (Å²) in [4.78, 5) is 106. The first-order valence-corrected chi connectivity index (χ1v) is 37.7. The number of aromatic nitrogens is 9. The Morgan fingerprint density at radius 3 is 0.921 bits per heavy atom. The SMILES string of the molecule is Cc1c(N2Cc3ccccc3[C@@H]2COC/C=C/C(=O)N2CCN(c3ccc(C#N)cn3)CC2)cn[nH]c1=O.Cc1c(N2Cc3ccccc3[C@@H]2COC/C=C\C(=O)N2CCN(c3ccc(C#N)cn3)CC2)cn[nH]c1=O.Cc1c(N2Cc3ccccc3[C@H]2COC/C=C\C(=O)N2CCN(c3ccc(C#N)cn3)CC2)cn[nH]c1=O. The van der Waals surface area contributed by atoms with Crippen LogP contribution in [0.2, 0.25) is 0 Å². The van der Waals surface area contributed by atoms with Crippen LogP contribution in [0.5, 0.6) is 0 Å². The van der Waals surface area contributed by atoms with Crippen molar-refractivity contribution in [2.24, 2.45) is 0 Å². The summed E-state index contributed by atoms with van der Waals surface area (Å²) in [5, 5.41) is 46.3. The van der Waals surface area contributed by atoms with Crippen LogP contribution < -0.4 is 46.1 Å². The Bertz CT molecular complexity index is 4780. The van der Waals surface area contributed by atoms with Gasteiger partial charge in [-0.05, 0) is 90.6 Å². The van der Waals surface area contributed by atoms with Crippen molar-refractivity contribution in [2.75, 3.05) is 148 Å². The van der Waals surface area contributed by atoms with E-state index >= 15 is 0 Å². The molecule has 0 radical (unpaired) electrons. The number of nitrogens with one attached hydrogen (secondary N) is 3. The molecule has 3 atom stereocenters. The number of piperazine rings is 3. The molecule has 0 spiro atoms. The molecule has 6 aromatic heterocycles. The summed E-state index contributed by atoms with van der Waals surface area (Å²) in [6, 6.07) is 41.4. The first-order valence-electron chi connectivity index (χ1n) is 37.7. The van der Waals surface area contributed by atoms with E-state index in [0.717, 1.165) is 34.5 Å². The zero-order valence-electron chi connectivity index (χ0n) is 63.6. The summed E-state index contributed by atoms with van der Waals surface area (Å²) in [5.74, 6) is 2.31. The first-order chi connectivity index (χ1) is 55.6. The zero-order valence-corrected chi connectivity index (χ0v) is 63.6. The van der Waals surface area contributed by atoms with Crippen LogP contribution in [-0.2, 0) is 48.2 Å². The van der Waals surface area contributed by atoms with Crippen molar-refractivity contribution in [3.63, 3.8) is 0 Å². The quantitative estimate of drug-likeness (QED) is 0.0482. The van der Waals surface area contributed by atoms with Crippen LogP contribution in [-0.4, -0.2) is 196 Å². The lowest BCUT2D eigenvalue weighted by molar-refractivity contribution is -0.127. The molecule has 3 amide bonds. The van der Waals surface area contributed by atoms with Gasteiger partial charge in [0.15, 0.2) is 0 Å². The number of hydrogen-bond donors (Lipinski definition) is 3. The summed E-state index contributed by atoms with van der Waals surface area (Å²) < 4.78 is 17.9. The minimum Gasteiger partial charge on any atom is -0.375 e. The highest BCUT2D eigenvalue weighted by Crippen LogP contribution is 2.41. The topological polar surface area (TPSA) is 355 Å². The van der Waals surface area contributed by atoms with Crippen LogP contribution in [0.3, 0.4) is 0 Å². The number of fused-ring (bicyclic) bond motifs is 3. The fourth-order valence-electron chi connectivity index (χ4n) is 14.8. The molecule has 0 unspecified atom stereocenters. The van der Waals surface area contributed by atoms with Gasteiger partial charge in [-0.1, -0.05) is 91.0 Å². The molecule has 0 saturated carbocycles. The highest BCUT2D eigenvalue weighted by molar-refractivity contribution is 5.89. The largest absolute Gasteiger partial charge is 0.375 e. The van der Waals surface area contributed by atoms with Gasteiger partial charge in [-0.2, -0.15) is 31.1 Å². The second-order valence-electron chi connectivity index (χ2n) is 28.0.